The zero-order valence-corrected chi connectivity index (χ0v) is 18.0. The molecule has 3 aromatic rings. The number of hydrogen-bond donors (Lipinski definition) is 1. The molecule has 0 amide bonds. The van der Waals surface area contributed by atoms with Crippen molar-refractivity contribution < 1.29 is 9.15 Å². The van der Waals surface area contributed by atoms with Crippen molar-refractivity contribution in [3.8, 4) is 5.75 Å². The average Bonchev–Trinajstić information content (AvgIpc) is 3.08. The highest BCUT2D eigenvalue weighted by Gasteiger charge is 2.24. The highest BCUT2D eigenvalue weighted by Crippen LogP contribution is 2.41. The summed E-state index contributed by atoms with van der Waals surface area (Å²) in [5.74, 6) is 1.63. The number of hydrogen-bond acceptors (Lipinski definition) is 3. The van der Waals surface area contributed by atoms with Gasteiger partial charge in [-0.3, -0.25) is 4.99 Å². The van der Waals surface area contributed by atoms with Gasteiger partial charge in [-0.25, -0.2) is 4.90 Å². The molecule has 0 spiro atoms. The third-order valence-electron chi connectivity index (χ3n) is 4.70. The van der Waals surface area contributed by atoms with Gasteiger partial charge in [-0.15, -0.1) is 0 Å². The fraction of sp³-hybridized carbons (Fsp3) is 0.286. The molecular weight excluding hydrogens is 397 g/mol. The molecule has 0 unspecified atom stereocenters. The smallest absolute Gasteiger partial charge is 0.208 e. The number of anilines is 2. The summed E-state index contributed by atoms with van der Waals surface area (Å²) in [6.45, 7) is 6.27. The maximum absolute atomic E-state index is 6.62. The summed E-state index contributed by atoms with van der Waals surface area (Å²) >= 11 is 12.8. The van der Waals surface area contributed by atoms with E-state index in [2.05, 4.69) is 24.9 Å². The number of nitrogens with zero attached hydrogens (tertiary/aromatic N) is 2. The third-order valence-corrected chi connectivity index (χ3v) is 5.39. The molecule has 1 aromatic heterocycles. The molecule has 7 heteroatoms. The van der Waals surface area contributed by atoms with E-state index in [1.807, 2.05) is 13.0 Å². The van der Waals surface area contributed by atoms with Gasteiger partial charge in [0.2, 0.25) is 11.8 Å². The Hall–Kier alpha value is -2.37. The predicted molar refractivity (Wildman–Crippen MR) is 118 cm³/mol. The highest BCUT2D eigenvalue weighted by atomic mass is 35.5. The number of benzene rings is 2. The summed E-state index contributed by atoms with van der Waals surface area (Å²) in [5, 5.41) is 2.03. The number of nitrogens with two attached hydrogens (primary N) is 1. The lowest BCUT2D eigenvalue weighted by Crippen LogP contribution is -2.33. The van der Waals surface area contributed by atoms with Crippen LogP contribution in [0.3, 0.4) is 0 Å². The SMILES string of the molecule is CN=C(N)N(c1cc2cc(C(C)C)c(C)c(Cl)c2o1)c1cc(Cl)ccc1OC. The number of rotatable bonds is 4. The van der Waals surface area contributed by atoms with E-state index in [4.69, 9.17) is 38.1 Å². The molecule has 28 heavy (non-hydrogen) atoms. The van der Waals surface area contributed by atoms with Crippen LogP contribution in [0.5, 0.6) is 5.75 Å². The van der Waals surface area contributed by atoms with Crippen LogP contribution in [0.1, 0.15) is 30.9 Å². The molecule has 3 rings (SSSR count). The molecule has 2 N–H and O–H groups in total. The van der Waals surface area contributed by atoms with Crippen LogP contribution >= 0.6 is 23.2 Å². The lowest BCUT2D eigenvalue weighted by Gasteiger charge is -2.22. The minimum atomic E-state index is 0.233. The molecule has 0 saturated carbocycles. The van der Waals surface area contributed by atoms with E-state index in [1.165, 1.54) is 5.56 Å². The minimum Gasteiger partial charge on any atom is -0.495 e. The summed E-state index contributed by atoms with van der Waals surface area (Å²) < 4.78 is 11.6. The summed E-state index contributed by atoms with van der Waals surface area (Å²) in [6.07, 6.45) is 0. The number of fused-ring (bicyclic) bond motifs is 1. The molecule has 0 aliphatic heterocycles. The van der Waals surface area contributed by atoms with Crippen molar-refractivity contribution >= 4 is 51.7 Å². The monoisotopic (exact) mass is 419 g/mol. The lowest BCUT2D eigenvalue weighted by molar-refractivity contribution is 0.415. The fourth-order valence-corrected chi connectivity index (χ4v) is 3.67. The Labute approximate surface area is 174 Å². The Balaban J connectivity index is 2.27. The first kappa shape index (κ1) is 20.4. The zero-order valence-electron chi connectivity index (χ0n) is 16.5. The number of halogens is 2. The van der Waals surface area contributed by atoms with Crippen LogP contribution in [0.15, 0.2) is 39.7 Å². The van der Waals surface area contributed by atoms with Gasteiger partial charge in [0.25, 0.3) is 0 Å². The standard InChI is InChI=1S/C21H23Cl2N3O2/c1-11(2)15-8-13-9-18(28-20(13)19(23)12(15)3)26(21(24)25-4)16-10-14(22)6-7-17(16)27-5/h6-11H,1-5H3,(H2,24,25). The normalized spacial score (nSPS) is 12.1. The topological polar surface area (TPSA) is 64.0 Å². The molecule has 0 fully saturated rings. The number of guanidine groups is 1. The number of methoxy groups -OCH3 is 1. The van der Waals surface area contributed by atoms with Crippen molar-refractivity contribution in [2.45, 2.75) is 26.7 Å². The van der Waals surface area contributed by atoms with Gasteiger partial charge < -0.3 is 14.9 Å². The molecule has 0 atom stereocenters. The summed E-state index contributed by atoms with van der Waals surface area (Å²) in [5.41, 5.74) is 9.62. The van der Waals surface area contributed by atoms with Crippen molar-refractivity contribution in [1.29, 1.82) is 0 Å². The van der Waals surface area contributed by atoms with Crippen molar-refractivity contribution in [2.24, 2.45) is 10.7 Å². The van der Waals surface area contributed by atoms with E-state index < -0.39 is 0 Å². The Kier molecular flexibility index (Phi) is 5.77. The van der Waals surface area contributed by atoms with E-state index >= 15 is 0 Å². The molecule has 5 nitrogen and oxygen atoms in total. The lowest BCUT2D eigenvalue weighted by atomic mass is 9.96. The zero-order chi connectivity index (χ0) is 20.6. The largest absolute Gasteiger partial charge is 0.495 e. The maximum Gasteiger partial charge on any atom is 0.208 e. The van der Waals surface area contributed by atoms with Crippen molar-refractivity contribution in [1.82, 2.24) is 0 Å². The summed E-state index contributed by atoms with van der Waals surface area (Å²) in [7, 11) is 3.19. The van der Waals surface area contributed by atoms with Crippen LogP contribution in [0, 0.1) is 6.92 Å². The molecule has 0 saturated heterocycles. The van der Waals surface area contributed by atoms with Gasteiger partial charge in [0, 0.05) is 23.5 Å². The van der Waals surface area contributed by atoms with E-state index in [0.29, 0.717) is 38.9 Å². The van der Waals surface area contributed by atoms with Gasteiger partial charge in [0.1, 0.15) is 5.75 Å². The van der Waals surface area contributed by atoms with Crippen LogP contribution in [0.2, 0.25) is 10.0 Å². The van der Waals surface area contributed by atoms with E-state index in [-0.39, 0.29) is 5.96 Å². The highest BCUT2D eigenvalue weighted by molar-refractivity contribution is 6.36. The Morgan fingerprint density at radius 3 is 2.54 bits per heavy atom. The Morgan fingerprint density at radius 1 is 1.21 bits per heavy atom. The maximum atomic E-state index is 6.62. The molecule has 0 aliphatic carbocycles. The van der Waals surface area contributed by atoms with Crippen molar-refractivity contribution in [3.05, 3.63) is 51.5 Å². The van der Waals surface area contributed by atoms with Gasteiger partial charge in [-0.1, -0.05) is 37.0 Å². The second kappa shape index (κ2) is 7.94. The Morgan fingerprint density at radius 2 is 1.93 bits per heavy atom. The summed E-state index contributed by atoms with van der Waals surface area (Å²) in [4.78, 5) is 5.79. The molecule has 1 heterocycles. The fourth-order valence-electron chi connectivity index (χ4n) is 3.25. The van der Waals surface area contributed by atoms with Crippen molar-refractivity contribution in [3.63, 3.8) is 0 Å². The van der Waals surface area contributed by atoms with Gasteiger partial charge >= 0.3 is 0 Å². The molecule has 2 aromatic carbocycles. The van der Waals surface area contributed by atoms with Gasteiger partial charge in [0.05, 0.1) is 17.8 Å². The average molecular weight is 420 g/mol. The molecule has 0 aliphatic rings. The predicted octanol–water partition coefficient (Wildman–Crippen LogP) is 6.26. The van der Waals surface area contributed by atoms with Crippen LogP contribution < -0.4 is 15.4 Å². The van der Waals surface area contributed by atoms with E-state index in [1.54, 1.807) is 37.3 Å². The number of ether oxygens (including phenoxy) is 1. The second-order valence-electron chi connectivity index (χ2n) is 6.80. The first-order chi connectivity index (χ1) is 13.3. The molecule has 0 bridgehead atoms. The molecular formula is C21H23Cl2N3O2. The van der Waals surface area contributed by atoms with Crippen molar-refractivity contribution in [2.75, 3.05) is 19.1 Å². The molecule has 0 radical (unpaired) electrons. The quantitative estimate of drug-likeness (QED) is 0.400. The first-order valence-electron chi connectivity index (χ1n) is 8.87. The van der Waals surface area contributed by atoms with Crippen LogP contribution in [0.4, 0.5) is 11.6 Å². The van der Waals surface area contributed by atoms with Crippen LogP contribution in [-0.4, -0.2) is 20.1 Å². The van der Waals surface area contributed by atoms with E-state index in [0.717, 1.165) is 10.9 Å². The first-order valence-corrected chi connectivity index (χ1v) is 9.62. The number of aliphatic imine (C=N–C) groups is 1. The summed E-state index contributed by atoms with van der Waals surface area (Å²) in [6, 6.07) is 9.25. The van der Waals surface area contributed by atoms with Crippen LogP contribution in [0.25, 0.3) is 11.0 Å². The minimum absolute atomic E-state index is 0.233. The molecule has 148 valence electrons. The van der Waals surface area contributed by atoms with Gasteiger partial charge in [-0.2, -0.15) is 0 Å². The van der Waals surface area contributed by atoms with Crippen LogP contribution in [-0.2, 0) is 0 Å². The third kappa shape index (κ3) is 3.52. The Bertz CT molecular complexity index is 1060. The van der Waals surface area contributed by atoms with E-state index in [9.17, 15) is 0 Å². The number of furan rings is 1. The van der Waals surface area contributed by atoms with Gasteiger partial charge in [-0.05, 0) is 48.2 Å². The van der Waals surface area contributed by atoms with Gasteiger partial charge in [0.15, 0.2) is 5.58 Å². The second-order valence-corrected chi connectivity index (χ2v) is 7.61.